The van der Waals surface area contributed by atoms with Crippen LogP contribution in [0.25, 0.3) is 6.08 Å². The highest BCUT2D eigenvalue weighted by molar-refractivity contribution is 5.88. The topological polar surface area (TPSA) is 84.6 Å². The van der Waals surface area contributed by atoms with Gasteiger partial charge in [-0.2, -0.15) is 0 Å². The monoisotopic (exact) mass is 234 g/mol. The van der Waals surface area contributed by atoms with E-state index in [1.165, 1.54) is 0 Å². The number of nitrogens with one attached hydrogen (secondary N) is 1. The summed E-state index contributed by atoms with van der Waals surface area (Å²) in [4.78, 5) is 10.7. The Bertz CT molecular complexity index is 485. The third-order valence-electron chi connectivity index (χ3n) is 2.55. The van der Waals surface area contributed by atoms with Crippen molar-refractivity contribution in [3.63, 3.8) is 0 Å². The van der Waals surface area contributed by atoms with E-state index >= 15 is 0 Å². The molecule has 5 nitrogen and oxygen atoms in total. The molecule has 0 saturated heterocycles. The maximum Gasteiger partial charge on any atom is 0.316 e. The Morgan fingerprint density at radius 1 is 1.59 bits per heavy atom. The Kier molecular flexibility index (Phi) is 2.77. The van der Waals surface area contributed by atoms with Gasteiger partial charge in [-0.3, -0.25) is 0 Å². The molecule has 0 aliphatic carbocycles. The van der Waals surface area contributed by atoms with E-state index in [1.807, 2.05) is 6.08 Å². The lowest BCUT2D eigenvalue weighted by Crippen LogP contribution is -2.35. The first-order valence-electron chi connectivity index (χ1n) is 5.22. The number of carbonyl (C=O) groups is 1. The van der Waals surface area contributed by atoms with E-state index in [-0.39, 0.29) is 6.61 Å². The minimum Gasteiger partial charge on any atom is -0.480 e. The maximum atomic E-state index is 10.7. The molecule has 90 valence electrons. The Labute approximate surface area is 98.9 Å². The summed E-state index contributed by atoms with van der Waals surface area (Å²) in [5, 5.41) is 11.7. The Balaban J connectivity index is 2.29. The van der Waals surface area contributed by atoms with Gasteiger partial charge < -0.3 is 20.9 Å². The molecule has 1 unspecified atom stereocenters. The van der Waals surface area contributed by atoms with Gasteiger partial charge in [0.25, 0.3) is 0 Å². The van der Waals surface area contributed by atoms with E-state index in [1.54, 1.807) is 31.2 Å². The molecule has 1 aliphatic rings. The van der Waals surface area contributed by atoms with Crippen molar-refractivity contribution < 1.29 is 14.6 Å². The molecule has 1 aromatic rings. The third kappa shape index (κ3) is 2.39. The molecule has 0 saturated carbocycles. The largest absolute Gasteiger partial charge is 0.480 e. The van der Waals surface area contributed by atoms with E-state index in [0.717, 1.165) is 5.56 Å². The Morgan fingerprint density at radius 2 is 2.35 bits per heavy atom. The lowest BCUT2D eigenvalue weighted by molar-refractivity contribution is 0.0641. The first-order valence-corrected chi connectivity index (χ1v) is 5.22. The van der Waals surface area contributed by atoms with Crippen LogP contribution in [-0.4, -0.2) is 23.3 Å². The normalized spacial score (nSPS) is 21.5. The van der Waals surface area contributed by atoms with E-state index in [9.17, 15) is 9.90 Å². The molecule has 5 heteroatoms. The predicted molar refractivity (Wildman–Crippen MR) is 64.8 cm³/mol. The Morgan fingerprint density at radius 3 is 3.00 bits per heavy atom. The van der Waals surface area contributed by atoms with Gasteiger partial charge in [-0.15, -0.1) is 0 Å². The number of benzene rings is 1. The number of aliphatic hydroxyl groups is 1. The number of anilines is 1. The van der Waals surface area contributed by atoms with Crippen LogP contribution < -0.4 is 15.8 Å². The van der Waals surface area contributed by atoms with Crippen LogP contribution in [0.3, 0.4) is 0 Å². The fourth-order valence-electron chi connectivity index (χ4n) is 1.63. The zero-order valence-electron chi connectivity index (χ0n) is 9.43. The SMILES string of the molecule is CC1(CO)C=Cc2cc(NC(N)=O)ccc2O1. The maximum absolute atomic E-state index is 10.7. The summed E-state index contributed by atoms with van der Waals surface area (Å²) >= 11 is 0. The second-order valence-corrected chi connectivity index (χ2v) is 4.15. The lowest BCUT2D eigenvalue weighted by atomic mass is 10.0. The van der Waals surface area contributed by atoms with Gasteiger partial charge in [0.1, 0.15) is 11.4 Å². The van der Waals surface area contributed by atoms with Crippen molar-refractivity contribution in [3.05, 3.63) is 29.8 Å². The lowest BCUT2D eigenvalue weighted by Gasteiger charge is -2.29. The number of aliphatic hydroxyl groups excluding tert-OH is 1. The van der Waals surface area contributed by atoms with Crippen molar-refractivity contribution in [1.29, 1.82) is 0 Å². The number of carbonyl (C=O) groups excluding carboxylic acids is 1. The summed E-state index contributed by atoms with van der Waals surface area (Å²) in [5.74, 6) is 0.666. The van der Waals surface area contributed by atoms with Gasteiger partial charge in [0.05, 0.1) is 6.61 Å². The number of fused-ring (bicyclic) bond motifs is 1. The summed E-state index contributed by atoms with van der Waals surface area (Å²) < 4.78 is 5.65. The van der Waals surface area contributed by atoms with Crippen molar-refractivity contribution in [3.8, 4) is 5.75 Å². The molecule has 4 N–H and O–H groups in total. The number of rotatable bonds is 2. The van der Waals surface area contributed by atoms with Crippen LogP contribution >= 0.6 is 0 Å². The molecule has 0 radical (unpaired) electrons. The van der Waals surface area contributed by atoms with Crippen LogP contribution in [0.15, 0.2) is 24.3 Å². The minimum absolute atomic E-state index is 0.0930. The molecule has 0 fully saturated rings. The number of hydrogen-bond acceptors (Lipinski definition) is 3. The molecular formula is C12H14N2O3. The molecular weight excluding hydrogens is 220 g/mol. The number of primary amides is 1. The molecule has 2 rings (SSSR count). The van der Waals surface area contributed by atoms with Gasteiger partial charge in [-0.25, -0.2) is 4.79 Å². The van der Waals surface area contributed by atoms with Gasteiger partial charge in [0, 0.05) is 11.3 Å². The molecule has 0 aromatic heterocycles. The molecule has 17 heavy (non-hydrogen) atoms. The second kappa shape index (κ2) is 4.10. The molecule has 1 heterocycles. The highest BCUT2D eigenvalue weighted by Gasteiger charge is 2.26. The van der Waals surface area contributed by atoms with Crippen LogP contribution in [0.4, 0.5) is 10.5 Å². The standard InChI is InChI=1S/C12H14N2O3/c1-12(7-15)5-4-8-6-9(14-11(13)16)2-3-10(8)17-12/h2-6,15H,7H2,1H3,(H3,13,14,16). The van der Waals surface area contributed by atoms with Crippen LogP contribution in [0, 0.1) is 0 Å². The second-order valence-electron chi connectivity index (χ2n) is 4.15. The Hall–Kier alpha value is -2.01. The van der Waals surface area contributed by atoms with Crippen LogP contribution in [0.5, 0.6) is 5.75 Å². The number of hydrogen-bond donors (Lipinski definition) is 3. The fraction of sp³-hybridized carbons (Fsp3) is 0.250. The molecule has 1 aromatic carbocycles. The first-order chi connectivity index (χ1) is 8.02. The number of nitrogens with two attached hydrogens (primary N) is 1. The number of amides is 2. The van der Waals surface area contributed by atoms with E-state index in [2.05, 4.69) is 5.32 Å². The highest BCUT2D eigenvalue weighted by Crippen LogP contribution is 2.32. The van der Waals surface area contributed by atoms with Gasteiger partial charge in [-0.1, -0.05) is 6.08 Å². The van der Waals surface area contributed by atoms with E-state index < -0.39 is 11.6 Å². The van der Waals surface area contributed by atoms with Crippen LogP contribution in [-0.2, 0) is 0 Å². The summed E-state index contributed by atoms with van der Waals surface area (Å²) in [6.07, 6.45) is 3.63. The number of urea groups is 1. The van der Waals surface area contributed by atoms with Crippen molar-refractivity contribution in [2.75, 3.05) is 11.9 Å². The average molecular weight is 234 g/mol. The van der Waals surface area contributed by atoms with Gasteiger partial charge in [0.2, 0.25) is 0 Å². The molecule has 0 spiro atoms. The van der Waals surface area contributed by atoms with Crippen LogP contribution in [0.2, 0.25) is 0 Å². The van der Waals surface area contributed by atoms with E-state index in [4.69, 9.17) is 10.5 Å². The summed E-state index contributed by atoms with van der Waals surface area (Å²) in [6.45, 7) is 1.70. The van der Waals surface area contributed by atoms with Gasteiger partial charge in [-0.05, 0) is 31.2 Å². The first kappa shape index (κ1) is 11.5. The van der Waals surface area contributed by atoms with Gasteiger partial charge >= 0.3 is 6.03 Å². The average Bonchev–Trinajstić information content (AvgIpc) is 2.29. The molecule has 0 bridgehead atoms. The summed E-state index contributed by atoms with van der Waals surface area (Å²) in [7, 11) is 0. The van der Waals surface area contributed by atoms with Crippen molar-refractivity contribution in [1.82, 2.24) is 0 Å². The van der Waals surface area contributed by atoms with Crippen molar-refractivity contribution in [2.45, 2.75) is 12.5 Å². The highest BCUT2D eigenvalue weighted by atomic mass is 16.5. The predicted octanol–water partition coefficient (Wildman–Crippen LogP) is 1.33. The molecule has 1 aliphatic heterocycles. The quantitative estimate of drug-likeness (QED) is 0.721. The number of ether oxygens (including phenoxy) is 1. The van der Waals surface area contributed by atoms with Crippen molar-refractivity contribution in [2.24, 2.45) is 5.73 Å². The van der Waals surface area contributed by atoms with Crippen molar-refractivity contribution >= 4 is 17.8 Å². The summed E-state index contributed by atoms with van der Waals surface area (Å²) in [5.41, 5.74) is 5.79. The van der Waals surface area contributed by atoms with Crippen LogP contribution in [0.1, 0.15) is 12.5 Å². The van der Waals surface area contributed by atoms with Gasteiger partial charge in [0.15, 0.2) is 0 Å². The minimum atomic E-state index is -0.689. The zero-order chi connectivity index (χ0) is 12.5. The zero-order valence-corrected chi connectivity index (χ0v) is 9.43. The molecule has 1 atom stereocenters. The smallest absolute Gasteiger partial charge is 0.316 e. The summed E-state index contributed by atoms with van der Waals surface area (Å²) in [6, 6.07) is 4.58. The fourth-order valence-corrected chi connectivity index (χ4v) is 1.63. The third-order valence-corrected chi connectivity index (χ3v) is 2.55. The van der Waals surface area contributed by atoms with E-state index in [0.29, 0.717) is 11.4 Å². The molecule has 2 amide bonds.